The number of aromatic nitrogens is 3. The van der Waals surface area contributed by atoms with Crippen molar-refractivity contribution in [3.8, 4) is 0 Å². The van der Waals surface area contributed by atoms with E-state index in [-0.39, 0.29) is 65.4 Å². The molecule has 0 aromatic carbocycles. The van der Waals surface area contributed by atoms with E-state index in [4.69, 9.17) is 29.3 Å². The van der Waals surface area contributed by atoms with Gasteiger partial charge in [0.2, 0.25) is 11.8 Å². The first-order valence-corrected chi connectivity index (χ1v) is 32.1. The van der Waals surface area contributed by atoms with Gasteiger partial charge in [0.25, 0.3) is 12.9 Å². The third kappa shape index (κ3) is 9.64. The number of amides is 2. The highest BCUT2D eigenvalue weighted by molar-refractivity contribution is 5.88. The molecule has 2 amide bonds. The van der Waals surface area contributed by atoms with Crippen molar-refractivity contribution in [3.05, 3.63) is 94.6 Å². The summed E-state index contributed by atoms with van der Waals surface area (Å²) < 4.78 is 79.9. The third-order valence-electron chi connectivity index (χ3n) is 22.2. The van der Waals surface area contributed by atoms with E-state index in [2.05, 4.69) is 72.0 Å². The minimum absolute atomic E-state index is 0.000553. The number of piperidine rings is 2. The Kier molecular flexibility index (Phi) is 14.7. The van der Waals surface area contributed by atoms with Gasteiger partial charge in [-0.25, -0.2) is 27.5 Å². The summed E-state index contributed by atoms with van der Waals surface area (Å²) in [5.41, 5.74) is 4.45. The van der Waals surface area contributed by atoms with Crippen LogP contribution < -0.4 is 19.6 Å². The Morgan fingerprint density at radius 3 is 2.11 bits per heavy atom. The fourth-order valence-corrected chi connectivity index (χ4v) is 17.6. The Morgan fingerprint density at radius 1 is 0.782 bits per heavy atom. The molecule has 87 heavy (non-hydrogen) atoms. The molecule has 464 valence electrons. The van der Waals surface area contributed by atoms with Crippen molar-refractivity contribution in [2.45, 2.75) is 144 Å². The van der Waals surface area contributed by atoms with Crippen LogP contribution in [0.2, 0.25) is 0 Å². The highest BCUT2D eigenvalue weighted by Crippen LogP contribution is 2.56. The zero-order chi connectivity index (χ0) is 59.5. The van der Waals surface area contributed by atoms with E-state index in [0.29, 0.717) is 133 Å². The largest absolute Gasteiger partial charge is 0.378 e. The second kappa shape index (κ2) is 22.4. The molecule has 12 aliphatic rings. The predicted octanol–water partition coefficient (Wildman–Crippen LogP) is 7.23. The number of carbonyl (C=O) groups excluding carboxylic acids is 2. The molecule has 0 bridgehead atoms. The van der Waals surface area contributed by atoms with Crippen molar-refractivity contribution < 1.29 is 41.4 Å². The van der Waals surface area contributed by atoms with Gasteiger partial charge in [-0.3, -0.25) is 29.4 Å². The van der Waals surface area contributed by atoms with E-state index >= 15 is 8.78 Å². The Labute approximate surface area is 506 Å². The first kappa shape index (κ1) is 57.3. The van der Waals surface area contributed by atoms with Gasteiger partial charge in [0.05, 0.1) is 47.9 Å². The van der Waals surface area contributed by atoms with Crippen molar-refractivity contribution >= 4 is 47.1 Å². The summed E-state index contributed by atoms with van der Waals surface area (Å²) in [7, 11) is 0. The highest BCUT2D eigenvalue weighted by atomic mass is 19.3. The molecule has 8 atom stereocenters. The molecule has 0 N–H and O–H groups in total. The summed E-state index contributed by atoms with van der Waals surface area (Å²) in [6, 6.07) is 6.99. The average molecular weight is 1200 g/mol. The van der Waals surface area contributed by atoms with Gasteiger partial charge in [-0.15, -0.1) is 0 Å². The summed E-state index contributed by atoms with van der Waals surface area (Å²) >= 11 is 0. The van der Waals surface area contributed by atoms with Gasteiger partial charge in [-0.1, -0.05) is 31.7 Å². The molecule has 0 radical (unpaired) electrons. The number of pyridine rings is 3. The molecular weight excluding hydrogens is 1120 g/mol. The third-order valence-corrected chi connectivity index (χ3v) is 22.2. The maximum absolute atomic E-state index is 15.0. The summed E-state index contributed by atoms with van der Waals surface area (Å²) in [4.78, 5) is 58.0. The van der Waals surface area contributed by atoms with Crippen LogP contribution in [-0.4, -0.2) is 211 Å². The average Bonchev–Trinajstić information content (AvgIpc) is 1.89. The molecule has 8 saturated heterocycles. The first-order chi connectivity index (χ1) is 42.2. The smallest absolute Gasteiger partial charge is 0.281 e. The number of aryl methyl sites for hydroxylation is 1. The van der Waals surface area contributed by atoms with Gasteiger partial charge >= 0.3 is 0 Å². The maximum Gasteiger partial charge on any atom is 0.281 e. The summed E-state index contributed by atoms with van der Waals surface area (Å²) in [5, 5.41) is 7.16. The van der Waals surface area contributed by atoms with Crippen LogP contribution in [-0.2, 0) is 41.4 Å². The maximum atomic E-state index is 15.0. The van der Waals surface area contributed by atoms with Gasteiger partial charge < -0.3 is 43.6 Å². The van der Waals surface area contributed by atoms with E-state index in [1.54, 1.807) is 6.08 Å². The van der Waals surface area contributed by atoms with Crippen molar-refractivity contribution in [2.75, 3.05) is 131 Å². The fraction of sp³-hybridized carbons (Fsp3) is 0.631. The number of piperazine rings is 2. The van der Waals surface area contributed by atoms with E-state index < -0.39 is 29.7 Å². The highest BCUT2D eigenvalue weighted by Gasteiger charge is 2.59. The van der Waals surface area contributed by atoms with Crippen molar-refractivity contribution in [1.82, 2.24) is 39.6 Å². The molecule has 8 unspecified atom stereocenters. The van der Waals surface area contributed by atoms with E-state index in [0.717, 1.165) is 82.0 Å². The minimum Gasteiger partial charge on any atom is -0.378 e. The number of alkyl halides is 4. The fourth-order valence-electron chi connectivity index (χ4n) is 17.6. The molecule has 3 aromatic rings. The van der Waals surface area contributed by atoms with E-state index in [1.165, 1.54) is 17.2 Å². The van der Waals surface area contributed by atoms with Gasteiger partial charge in [0.15, 0.2) is 0 Å². The number of hydrogen-bond acceptors (Lipinski definition) is 16. The Hall–Kier alpha value is -6.20. The minimum atomic E-state index is -2.73. The number of hydrogen-bond donors (Lipinski definition) is 0. The number of anilines is 4. The summed E-state index contributed by atoms with van der Waals surface area (Å²) in [5.74, 6) is 1.26. The normalized spacial score (nSPS) is 30.8. The summed E-state index contributed by atoms with van der Waals surface area (Å²) in [6.45, 7) is 19.1. The van der Waals surface area contributed by atoms with Crippen LogP contribution in [0.5, 0.6) is 0 Å². The van der Waals surface area contributed by atoms with Crippen molar-refractivity contribution in [2.24, 2.45) is 11.0 Å². The van der Waals surface area contributed by atoms with Crippen LogP contribution in [0, 0.1) is 12.8 Å². The van der Waals surface area contributed by atoms with Gasteiger partial charge in [-0.2, -0.15) is 5.10 Å². The number of halogens is 4. The van der Waals surface area contributed by atoms with Crippen LogP contribution in [0.4, 0.5) is 40.6 Å². The van der Waals surface area contributed by atoms with Crippen LogP contribution >= 0.6 is 0 Å². The lowest BCUT2D eigenvalue weighted by Gasteiger charge is -2.55. The number of hydrazone groups is 1. The van der Waals surface area contributed by atoms with Crippen molar-refractivity contribution in [1.29, 1.82) is 0 Å². The molecule has 15 heterocycles. The van der Waals surface area contributed by atoms with Crippen LogP contribution in [0.1, 0.15) is 117 Å². The van der Waals surface area contributed by atoms with Crippen LogP contribution in [0.3, 0.4) is 0 Å². The van der Waals surface area contributed by atoms with Crippen LogP contribution in [0.15, 0.2) is 60.4 Å². The predicted molar refractivity (Wildman–Crippen MR) is 323 cm³/mol. The van der Waals surface area contributed by atoms with E-state index in [1.807, 2.05) is 46.5 Å². The van der Waals surface area contributed by atoms with Crippen molar-refractivity contribution in [3.63, 3.8) is 0 Å². The lowest BCUT2D eigenvalue weighted by Crippen LogP contribution is -2.69. The Morgan fingerprint density at radius 2 is 1.44 bits per heavy atom. The monoisotopic (exact) mass is 1200 g/mol. The topological polar surface area (TPSA) is 142 Å². The molecule has 15 rings (SSSR count). The van der Waals surface area contributed by atoms with E-state index in [9.17, 15) is 18.4 Å². The number of carbonyl (C=O) groups is 2. The Balaban J connectivity index is 0.548. The molecule has 3 spiro atoms. The molecular formula is C65H81F4N13O5. The lowest BCUT2D eigenvalue weighted by molar-refractivity contribution is -0.181. The zero-order valence-electron chi connectivity index (χ0n) is 50.1. The number of rotatable bonds is 10. The number of morpholine rings is 1. The number of nitrogens with zero attached hydrogens (tertiary/aromatic N) is 13. The molecule has 0 saturated carbocycles. The lowest BCUT2D eigenvalue weighted by atomic mass is 9.77. The molecule has 3 aromatic heterocycles. The SMILES string of the molecule is C=CC(=O)N1CCN(C2CN3c4cc(N5CCC6(CC5)OCC(C/C=C/C(=O)N5CCN(C7CN8c9cc(N%10CCC%11(CC%10)OC%10(CCOC%10)c%10nccc(C)c%10%11)nc(C(F)F)c9CCCC78)CC5)N5N=CC(C)C56)nc(C(F)F)c4C=CCC23)CC1. The second-order valence-corrected chi connectivity index (χ2v) is 26.6. The Bertz CT molecular complexity index is 3260. The molecule has 12 aliphatic heterocycles. The van der Waals surface area contributed by atoms with Crippen LogP contribution in [0.25, 0.3) is 6.08 Å². The molecule has 8 fully saturated rings. The number of fused-ring (bicyclic) bond motifs is 11. The molecule has 22 heteroatoms. The molecule has 0 aliphatic carbocycles. The quantitative estimate of drug-likeness (QED) is 0.149. The molecule has 18 nitrogen and oxygen atoms in total. The van der Waals surface area contributed by atoms with Gasteiger partial charge in [0, 0.05) is 182 Å². The summed E-state index contributed by atoms with van der Waals surface area (Å²) in [6.07, 6.45) is 14.6. The second-order valence-electron chi connectivity index (χ2n) is 26.6. The number of ether oxygens (including phenoxy) is 3. The van der Waals surface area contributed by atoms with Gasteiger partial charge in [0.1, 0.15) is 28.6 Å². The first-order valence-electron chi connectivity index (χ1n) is 32.1. The zero-order valence-corrected chi connectivity index (χ0v) is 50.1. The standard InChI is InChI=1S/C65H81F4N13O5/c1-4-54(83)78-29-25-74(26-30-78)50-37-80-46(50)11-6-10-45-49(80)35-53(73-58(45)62(68)69)77-23-17-64(18-24-77)60-42(3)36-71-82(60)43(39-86-64)8-5-13-55(84)79-31-27-75(28-32-79)51-38-81-47(51)12-7-9-44-48(81)34-52(72-57(44)61(66)67)76-21-15-63(16-22-76)56-41(2)14-20-70-59(56)65(87-63)19-33-85-40-65/h4-6,10,13-14,20,34-36,42-43,46-47,50-51,60-62H,1,7-9,11-12,15-19,21-33,37-40H2,2-3H3/b13-5+. The van der Waals surface area contributed by atoms with Gasteiger partial charge in [-0.05, 0) is 88.5 Å².